The molecule has 0 aliphatic carbocycles. The molecule has 2 unspecified atom stereocenters. The maximum atomic E-state index is 4.63. The van der Waals surface area contributed by atoms with Crippen LogP contribution in [-0.2, 0) is 13.1 Å². The molecule has 0 amide bonds. The topological polar surface area (TPSA) is 28.2 Å². The summed E-state index contributed by atoms with van der Waals surface area (Å²) in [4.78, 5) is 7.15. The van der Waals surface area contributed by atoms with Gasteiger partial charge in [0.05, 0.1) is 5.69 Å². The van der Waals surface area contributed by atoms with Gasteiger partial charge < -0.3 is 5.32 Å². The molecule has 0 spiro atoms. The second-order valence-electron chi connectivity index (χ2n) is 4.91. The lowest BCUT2D eigenvalue weighted by atomic mass is 10.0. The highest BCUT2D eigenvalue weighted by atomic mass is 32.1. The summed E-state index contributed by atoms with van der Waals surface area (Å²) in [6.45, 7) is 9.04. The number of nitrogens with one attached hydrogen (secondary N) is 1. The van der Waals surface area contributed by atoms with Crippen molar-refractivity contribution in [2.24, 2.45) is 11.8 Å². The van der Waals surface area contributed by atoms with Crippen molar-refractivity contribution >= 4 is 11.3 Å². The molecule has 1 aliphatic rings. The van der Waals surface area contributed by atoms with Crippen molar-refractivity contribution in [3.63, 3.8) is 0 Å². The van der Waals surface area contributed by atoms with E-state index in [1.165, 1.54) is 23.8 Å². The summed E-state index contributed by atoms with van der Waals surface area (Å²) >= 11 is 1.76. The molecule has 16 heavy (non-hydrogen) atoms. The van der Waals surface area contributed by atoms with Crippen LogP contribution in [0.1, 0.15) is 24.5 Å². The molecule has 90 valence electrons. The fourth-order valence-electron chi connectivity index (χ4n) is 2.26. The number of likely N-dealkylation sites (tertiary alicyclic amines) is 1. The molecule has 1 fully saturated rings. The van der Waals surface area contributed by atoms with Gasteiger partial charge in [-0.2, -0.15) is 0 Å². The zero-order valence-corrected chi connectivity index (χ0v) is 11.2. The molecule has 2 atom stereocenters. The fraction of sp³-hybridized carbons (Fsp3) is 0.750. The summed E-state index contributed by atoms with van der Waals surface area (Å²) in [5.74, 6) is 1.66. The molecule has 3 nitrogen and oxygen atoms in total. The largest absolute Gasteiger partial charge is 0.314 e. The summed E-state index contributed by atoms with van der Waals surface area (Å²) in [5, 5.41) is 6.53. The first-order valence-electron chi connectivity index (χ1n) is 5.99. The molecule has 0 aromatic carbocycles. The molecule has 1 saturated heterocycles. The lowest BCUT2D eigenvalue weighted by Crippen LogP contribution is -2.20. The highest BCUT2D eigenvalue weighted by Gasteiger charge is 2.26. The summed E-state index contributed by atoms with van der Waals surface area (Å²) in [6.07, 6.45) is 0. The van der Waals surface area contributed by atoms with Gasteiger partial charge in [-0.15, -0.1) is 11.3 Å². The van der Waals surface area contributed by atoms with Crippen molar-refractivity contribution in [2.45, 2.75) is 26.9 Å². The van der Waals surface area contributed by atoms with Gasteiger partial charge in [0.15, 0.2) is 0 Å². The molecule has 1 aliphatic heterocycles. The van der Waals surface area contributed by atoms with E-state index in [1.807, 2.05) is 7.05 Å². The third-order valence-electron chi connectivity index (χ3n) is 3.38. The van der Waals surface area contributed by atoms with Gasteiger partial charge in [-0.3, -0.25) is 4.90 Å². The van der Waals surface area contributed by atoms with Gasteiger partial charge in [-0.25, -0.2) is 4.98 Å². The SMILES string of the molecule is CNCc1nc(CN2CC(C)C(C)C2)cs1. The minimum Gasteiger partial charge on any atom is -0.314 e. The third kappa shape index (κ3) is 2.81. The van der Waals surface area contributed by atoms with E-state index >= 15 is 0 Å². The van der Waals surface area contributed by atoms with Gasteiger partial charge in [0.1, 0.15) is 5.01 Å². The molecule has 1 aromatic rings. The smallest absolute Gasteiger partial charge is 0.107 e. The number of thiazole rings is 1. The van der Waals surface area contributed by atoms with E-state index in [2.05, 4.69) is 34.4 Å². The van der Waals surface area contributed by atoms with Crippen molar-refractivity contribution in [3.05, 3.63) is 16.1 Å². The fourth-order valence-corrected chi connectivity index (χ4v) is 3.06. The molecular formula is C12H21N3S. The van der Waals surface area contributed by atoms with E-state index in [0.717, 1.165) is 24.9 Å². The number of aromatic nitrogens is 1. The number of rotatable bonds is 4. The predicted molar refractivity (Wildman–Crippen MR) is 68.5 cm³/mol. The minimum absolute atomic E-state index is 0.829. The van der Waals surface area contributed by atoms with Crippen molar-refractivity contribution in [2.75, 3.05) is 20.1 Å². The van der Waals surface area contributed by atoms with Crippen LogP contribution in [-0.4, -0.2) is 30.0 Å². The van der Waals surface area contributed by atoms with Crippen LogP contribution in [0, 0.1) is 11.8 Å². The zero-order valence-electron chi connectivity index (χ0n) is 10.4. The highest BCUT2D eigenvalue weighted by molar-refractivity contribution is 7.09. The van der Waals surface area contributed by atoms with Crippen molar-refractivity contribution in [3.8, 4) is 0 Å². The Bertz CT molecular complexity index is 327. The Kier molecular flexibility index (Phi) is 3.95. The lowest BCUT2D eigenvalue weighted by Gasteiger charge is -2.13. The standard InChI is InChI=1S/C12H21N3S/c1-9-5-15(6-10(9)2)7-11-8-16-12(14-11)4-13-3/h8-10,13H,4-7H2,1-3H3. The molecule has 4 heteroatoms. The van der Waals surface area contributed by atoms with Crippen LogP contribution in [0.2, 0.25) is 0 Å². The van der Waals surface area contributed by atoms with Crippen LogP contribution < -0.4 is 5.32 Å². The van der Waals surface area contributed by atoms with Crippen molar-refractivity contribution < 1.29 is 0 Å². The molecular weight excluding hydrogens is 218 g/mol. The van der Waals surface area contributed by atoms with Gasteiger partial charge in [0.2, 0.25) is 0 Å². The Hall–Kier alpha value is -0.450. The van der Waals surface area contributed by atoms with E-state index in [4.69, 9.17) is 0 Å². The molecule has 2 rings (SSSR count). The Morgan fingerprint density at radius 1 is 1.44 bits per heavy atom. The first-order chi connectivity index (χ1) is 7.69. The van der Waals surface area contributed by atoms with Crippen molar-refractivity contribution in [1.82, 2.24) is 15.2 Å². The Balaban J connectivity index is 1.89. The second-order valence-corrected chi connectivity index (χ2v) is 5.85. The molecule has 1 aromatic heterocycles. The van der Waals surface area contributed by atoms with E-state index in [-0.39, 0.29) is 0 Å². The molecule has 1 N–H and O–H groups in total. The average molecular weight is 239 g/mol. The monoisotopic (exact) mass is 239 g/mol. The third-order valence-corrected chi connectivity index (χ3v) is 4.27. The number of hydrogen-bond acceptors (Lipinski definition) is 4. The van der Waals surface area contributed by atoms with Gasteiger partial charge in [-0.05, 0) is 18.9 Å². The normalized spacial score (nSPS) is 26.4. The number of nitrogens with zero attached hydrogens (tertiary/aromatic N) is 2. The van der Waals surface area contributed by atoms with Crippen LogP contribution >= 0.6 is 11.3 Å². The maximum Gasteiger partial charge on any atom is 0.107 e. The van der Waals surface area contributed by atoms with Gasteiger partial charge in [0.25, 0.3) is 0 Å². The van der Waals surface area contributed by atoms with Gasteiger partial charge in [0, 0.05) is 31.6 Å². The van der Waals surface area contributed by atoms with E-state index in [1.54, 1.807) is 11.3 Å². The van der Waals surface area contributed by atoms with Crippen LogP contribution in [0.3, 0.4) is 0 Å². The van der Waals surface area contributed by atoms with Crippen LogP contribution in [0.25, 0.3) is 0 Å². The first-order valence-corrected chi connectivity index (χ1v) is 6.87. The van der Waals surface area contributed by atoms with Crippen LogP contribution in [0.15, 0.2) is 5.38 Å². The minimum atomic E-state index is 0.829. The molecule has 0 saturated carbocycles. The molecule has 2 heterocycles. The summed E-state index contributed by atoms with van der Waals surface area (Å²) in [7, 11) is 1.96. The van der Waals surface area contributed by atoms with Crippen molar-refractivity contribution in [1.29, 1.82) is 0 Å². The second kappa shape index (κ2) is 5.25. The summed E-state index contributed by atoms with van der Waals surface area (Å²) in [5.41, 5.74) is 1.23. The van der Waals surface area contributed by atoms with Crippen LogP contribution in [0.5, 0.6) is 0 Å². The Morgan fingerprint density at radius 2 is 2.12 bits per heavy atom. The predicted octanol–water partition coefficient (Wildman–Crippen LogP) is 1.95. The molecule has 0 radical (unpaired) electrons. The summed E-state index contributed by atoms with van der Waals surface area (Å²) < 4.78 is 0. The van der Waals surface area contributed by atoms with Gasteiger partial charge in [-0.1, -0.05) is 13.8 Å². The highest BCUT2D eigenvalue weighted by Crippen LogP contribution is 2.24. The average Bonchev–Trinajstić information content (AvgIpc) is 2.77. The Morgan fingerprint density at radius 3 is 2.75 bits per heavy atom. The Labute approximate surface area is 102 Å². The van der Waals surface area contributed by atoms with Gasteiger partial charge >= 0.3 is 0 Å². The quantitative estimate of drug-likeness (QED) is 0.870. The zero-order chi connectivity index (χ0) is 11.5. The van der Waals surface area contributed by atoms with E-state index < -0.39 is 0 Å². The lowest BCUT2D eigenvalue weighted by molar-refractivity contribution is 0.312. The van der Waals surface area contributed by atoms with E-state index in [9.17, 15) is 0 Å². The maximum absolute atomic E-state index is 4.63. The molecule has 0 bridgehead atoms. The first kappa shape index (κ1) is 12.0. The number of hydrogen-bond donors (Lipinski definition) is 1. The van der Waals surface area contributed by atoms with Crippen LogP contribution in [0.4, 0.5) is 0 Å². The van der Waals surface area contributed by atoms with E-state index in [0.29, 0.717) is 0 Å². The summed E-state index contributed by atoms with van der Waals surface area (Å²) in [6, 6.07) is 0.